The normalized spacial score (nSPS) is 23.0. The van der Waals surface area contributed by atoms with Gasteiger partial charge in [-0.05, 0) is 17.7 Å². The first-order valence-electron chi connectivity index (χ1n) is 5.55. The van der Waals surface area contributed by atoms with Crippen molar-refractivity contribution in [1.82, 2.24) is 5.32 Å². The maximum absolute atomic E-state index is 6.02. The topological polar surface area (TPSA) is 27.6 Å². The lowest BCUT2D eigenvalue weighted by atomic mass is 10.1. The third-order valence-corrected chi connectivity index (χ3v) is 3.56. The second-order valence-electron chi connectivity index (χ2n) is 4.30. The number of likely N-dealkylation sites (N-methyl/N-ethyl adjacent to an activating group) is 1. The molecule has 2 heterocycles. The zero-order valence-electron chi connectivity index (χ0n) is 9.20. The Balaban J connectivity index is 1.94. The van der Waals surface area contributed by atoms with Crippen molar-refractivity contribution in [3.63, 3.8) is 0 Å². The second-order valence-corrected chi connectivity index (χ2v) is 4.73. The minimum Gasteiger partial charge on any atom is -0.370 e. The van der Waals surface area contributed by atoms with Crippen molar-refractivity contribution in [2.45, 2.75) is 12.5 Å². The fraction of sp³-hybridized carbons (Fsp3) is 0.417. The number of aliphatic imine (C=N–C) groups is 1. The highest BCUT2D eigenvalue weighted by Crippen LogP contribution is 2.33. The van der Waals surface area contributed by atoms with Crippen LogP contribution in [0.15, 0.2) is 23.2 Å². The number of nitrogens with zero attached hydrogens (tertiary/aromatic N) is 2. The van der Waals surface area contributed by atoms with Gasteiger partial charge in [0.2, 0.25) is 0 Å². The van der Waals surface area contributed by atoms with Crippen LogP contribution in [-0.2, 0) is 6.42 Å². The molecule has 0 aliphatic carbocycles. The van der Waals surface area contributed by atoms with Gasteiger partial charge in [-0.2, -0.15) is 0 Å². The molecule has 3 rings (SSSR count). The van der Waals surface area contributed by atoms with Gasteiger partial charge in [-0.25, -0.2) is 0 Å². The third kappa shape index (κ3) is 1.47. The van der Waals surface area contributed by atoms with Crippen molar-refractivity contribution in [3.05, 3.63) is 28.8 Å². The van der Waals surface area contributed by atoms with Gasteiger partial charge in [0.1, 0.15) is 5.84 Å². The van der Waals surface area contributed by atoms with Crippen LogP contribution in [0.2, 0.25) is 5.02 Å². The molecule has 0 saturated heterocycles. The van der Waals surface area contributed by atoms with Gasteiger partial charge in [0.15, 0.2) is 0 Å². The van der Waals surface area contributed by atoms with Gasteiger partial charge in [0.05, 0.1) is 12.6 Å². The molecule has 0 fully saturated rings. The SMILES string of the molecule is CN1c2cc(Cl)ccc2CC1C1=NCCN1. The van der Waals surface area contributed by atoms with Gasteiger partial charge in [0, 0.05) is 30.7 Å². The lowest BCUT2D eigenvalue weighted by Gasteiger charge is -2.22. The smallest absolute Gasteiger partial charge is 0.120 e. The Labute approximate surface area is 100 Å². The Morgan fingerprint density at radius 1 is 1.50 bits per heavy atom. The quantitative estimate of drug-likeness (QED) is 0.803. The first-order chi connectivity index (χ1) is 7.75. The molecule has 1 atom stereocenters. The van der Waals surface area contributed by atoms with E-state index in [0.29, 0.717) is 6.04 Å². The summed E-state index contributed by atoms with van der Waals surface area (Å²) in [5.74, 6) is 1.12. The van der Waals surface area contributed by atoms with Crippen LogP contribution in [0.3, 0.4) is 0 Å². The molecule has 1 unspecified atom stereocenters. The first kappa shape index (κ1) is 9.97. The summed E-state index contributed by atoms with van der Waals surface area (Å²) in [6.45, 7) is 1.87. The van der Waals surface area contributed by atoms with Gasteiger partial charge in [0.25, 0.3) is 0 Å². The second kappa shape index (κ2) is 3.67. The van der Waals surface area contributed by atoms with Gasteiger partial charge < -0.3 is 10.2 Å². The van der Waals surface area contributed by atoms with E-state index in [1.165, 1.54) is 11.3 Å². The first-order valence-corrected chi connectivity index (χ1v) is 5.93. The highest BCUT2D eigenvalue weighted by Gasteiger charge is 2.31. The molecular formula is C12H14ClN3. The predicted molar refractivity (Wildman–Crippen MR) is 67.7 cm³/mol. The maximum atomic E-state index is 6.02. The van der Waals surface area contributed by atoms with Crippen molar-refractivity contribution in [1.29, 1.82) is 0 Å². The Hall–Kier alpha value is -1.22. The van der Waals surface area contributed by atoms with Crippen molar-refractivity contribution < 1.29 is 0 Å². The molecule has 0 spiro atoms. The number of hydrogen-bond donors (Lipinski definition) is 1. The van der Waals surface area contributed by atoms with E-state index in [4.69, 9.17) is 11.6 Å². The van der Waals surface area contributed by atoms with Crippen LogP contribution >= 0.6 is 11.6 Å². The van der Waals surface area contributed by atoms with E-state index in [9.17, 15) is 0 Å². The molecule has 0 bridgehead atoms. The molecule has 0 aromatic heterocycles. The van der Waals surface area contributed by atoms with E-state index in [0.717, 1.165) is 30.4 Å². The van der Waals surface area contributed by atoms with E-state index < -0.39 is 0 Å². The lowest BCUT2D eigenvalue weighted by Crippen LogP contribution is -2.41. The monoisotopic (exact) mass is 235 g/mol. The molecule has 1 aromatic carbocycles. The molecular weight excluding hydrogens is 222 g/mol. The molecule has 0 saturated carbocycles. The van der Waals surface area contributed by atoms with Crippen LogP contribution in [0, 0.1) is 0 Å². The van der Waals surface area contributed by atoms with E-state index in [2.05, 4.69) is 28.3 Å². The van der Waals surface area contributed by atoms with Crippen molar-refractivity contribution in [2.75, 3.05) is 25.0 Å². The van der Waals surface area contributed by atoms with Crippen molar-refractivity contribution in [2.24, 2.45) is 4.99 Å². The number of halogens is 1. The molecule has 3 nitrogen and oxygen atoms in total. The van der Waals surface area contributed by atoms with Crippen LogP contribution in [0.4, 0.5) is 5.69 Å². The highest BCUT2D eigenvalue weighted by atomic mass is 35.5. The molecule has 4 heteroatoms. The van der Waals surface area contributed by atoms with Gasteiger partial charge in [-0.15, -0.1) is 0 Å². The van der Waals surface area contributed by atoms with Crippen LogP contribution in [-0.4, -0.2) is 32.0 Å². The summed E-state index contributed by atoms with van der Waals surface area (Å²) in [5.41, 5.74) is 2.59. The number of anilines is 1. The number of nitrogens with one attached hydrogen (secondary N) is 1. The van der Waals surface area contributed by atoms with Crippen molar-refractivity contribution in [3.8, 4) is 0 Å². The van der Waals surface area contributed by atoms with E-state index in [-0.39, 0.29) is 0 Å². The van der Waals surface area contributed by atoms with Crippen LogP contribution in [0.5, 0.6) is 0 Å². The molecule has 1 N–H and O–H groups in total. The van der Waals surface area contributed by atoms with E-state index >= 15 is 0 Å². The zero-order valence-corrected chi connectivity index (χ0v) is 9.96. The fourth-order valence-corrected chi connectivity index (χ4v) is 2.64. The largest absolute Gasteiger partial charge is 0.370 e. The van der Waals surface area contributed by atoms with Crippen LogP contribution in [0.25, 0.3) is 0 Å². The summed E-state index contributed by atoms with van der Waals surface area (Å²) < 4.78 is 0. The number of amidine groups is 1. The summed E-state index contributed by atoms with van der Waals surface area (Å²) in [7, 11) is 2.11. The average Bonchev–Trinajstić information content (AvgIpc) is 2.87. The molecule has 84 valence electrons. The van der Waals surface area contributed by atoms with Gasteiger partial charge >= 0.3 is 0 Å². The Bertz CT molecular complexity index is 456. The number of benzene rings is 1. The van der Waals surface area contributed by atoms with Crippen LogP contribution in [0.1, 0.15) is 5.56 Å². The third-order valence-electron chi connectivity index (χ3n) is 3.32. The maximum Gasteiger partial charge on any atom is 0.120 e. The summed E-state index contributed by atoms with van der Waals surface area (Å²) in [6.07, 6.45) is 1.02. The minimum atomic E-state index is 0.357. The molecule has 0 radical (unpaired) electrons. The number of hydrogen-bond acceptors (Lipinski definition) is 3. The highest BCUT2D eigenvalue weighted by molar-refractivity contribution is 6.30. The minimum absolute atomic E-state index is 0.357. The fourth-order valence-electron chi connectivity index (χ4n) is 2.47. The van der Waals surface area contributed by atoms with Crippen molar-refractivity contribution >= 4 is 23.1 Å². The average molecular weight is 236 g/mol. The van der Waals surface area contributed by atoms with Gasteiger partial charge in [-0.3, -0.25) is 4.99 Å². The van der Waals surface area contributed by atoms with E-state index in [1.807, 2.05) is 12.1 Å². The Morgan fingerprint density at radius 3 is 3.12 bits per heavy atom. The summed E-state index contributed by atoms with van der Waals surface area (Å²) >= 11 is 6.02. The predicted octanol–water partition coefficient (Wildman–Crippen LogP) is 1.70. The summed E-state index contributed by atoms with van der Waals surface area (Å²) in [6, 6.07) is 6.47. The number of rotatable bonds is 1. The Morgan fingerprint density at radius 2 is 2.38 bits per heavy atom. The van der Waals surface area contributed by atoms with Gasteiger partial charge in [-0.1, -0.05) is 17.7 Å². The standard InChI is InChI=1S/C12H14ClN3/c1-16-10-7-9(13)3-2-8(10)6-11(16)12-14-4-5-15-12/h2-3,7,11H,4-6H2,1H3,(H,14,15). The molecule has 16 heavy (non-hydrogen) atoms. The van der Waals surface area contributed by atoms with E-state index in [1.54, 1.807) is 0 Å². The molecule has 2 aliphatic heterocycles. The zero-order chi connectivity index (χ0) is 11.1. The molecule has 0 amide bonds. The Kier molecular flexibility index (Phi) is 2.28. The lowest BCUT2D eigenvalue weighted by molar-refractivity contribution is 0.811. The molecule has 1 aromatic rings. The molecule has 2 aliphatic rings. The number of fused-ring (bicyclic) bond motifs is 1. The summed E-state index contributed by atoms with van der Waals surface area (Å²) in [4.78, 5) is 6.77. The summed E-state index contributed by atoms with van der Waals surface area (Å²) in [5, 5.41) is 4.15. The van der Waals surface area contributed by atoms with Crippen LogP contribution < -0.4 is 10.2 Å².